The first-order valence-corrected chi connectivity index (χ1v) is 4.71. The second-order valence-electron chi connectivity index (χ2n) is 3.38. The standard InChI is InChI=1S/C9H11N3O5/c1-5(13)3-10-8-7(12(16)17)2-6(4-11-8)9(14)15/h2,4-5,13H,3H2,1H3,(H,10,11)(H,14,15). The number of carboxylic acid groups (broad SMARTS) is 1. The normalized spacial score (nSPS) is 11.9. The molecule has 1 unspecified atom stereocenters. The molecule has 0 amide bonds. The lowest BCUT2D eigenvalue weighted by Gasteiger charge is -2.08. The summed E-state index contributed by atoms with van der Waals surface area (Å²) in [5, 5.41) is 31.0. The molecule has 0 aliphatic heterocycles. The van der Waals surface area contributed by atoms with Crippen LogP contribution in [0.15, 0.2) is 12.3 Å². The van der Waals surface area contributed by atoms with E-state index in [1.54, 1.807) is 0 Å². The Morgan fingerprint density at radius 1 is 1.71 bits per heavy atom. The molecule has 0 spiro atoms. The SMILES string of the molecule is CC(O)CNc1ncc(C(=O)O)cc1[N+](=O)[O-]. The van der Waals surface area contributed by atoms with E-state index in [4.69, 9.17) is 10.2 Å². The molecular weight excluding hydrogens is 230 g/mol. The van der Waals surface area contributed by atoms with Gasteiger partial charge in [0.1, 0.15) is 0 Å². The summed E-state index contributed by atoms with van der Waals surface area (Å²) in [6, 6.07) is 0.916. The van der Waals surface area contributed by atoms with Gasteiger partial charge in [0.15, 0.2) is 0 Å². The quantitative estimate of drug-likeness (QED) is 0.505. The van der Waals surface area contributed by atoms with Crippen LogP contribution in [0.3, 0.4) is 0 Å². The van der Waals surface area contributed by atoms with Gasteiger partial charge in [-0.1, -0.05) is 0 Å². The highest BCUT2D eigenvalue weighted by Crippen LogP contribution is 2.22. The number of nitrogens with one attached hydrogen (secondary N) is 1. The zero-order valence-electron chi connectivity index (χ0n) is 8.95. The predicted octanol–water partition coefficient (Wildman–Crippen LogP) is 0.481. The molecule has 17 heavy (non-hydrogen) atoms. The van der Waals surface area contributed by atoms with Crippen LogP contribution in [0.2, 0.25) is 0 Å². The van der Waals surface area contributed by atoms with Gasteiger partial charge in [0, 0.05) is 18.8 Å². The highest BCUT2D eigenvalue weighted by molar-refractivity contribution is 5.88. The van der Waals surface area contributed by atoms with Crippen LogP contribution < -0.4 is 5.32 Å². The van der Waals surface area contributed by atoms with E-state index >= 15 is 0 Å². The van der Waals surface area contributed by atoms with Gasteiger partial charge in [-0.2, -0.15) is 0 Å². The fourth-order valence-electron chi connectivity index (χ4n) is 1.09. The maximum atomic E-state index is 10.7. The van der Waals surface area contributed by atoms with Gasteiger partial charge in [0.25, 0.3) is 0 Å². The van der Waals surface area contributed by atoms with Gasteiger partial charge in [-0.25, -0.2) is 9.78 Å². The molecule has 0 fully saturated rings. The number of pyridine rings is 1. The number of rotatable bonds is 5. The molecule has 92 valence electrons. The molecule has 1 aromatic rings. The van der Waals surface area contributed by atoms with Crippen LogP contribution in [-0.2, 0) is 0 Å². The Morgan fingerprint density at radius 2 is 2.35 bits per heavy atom. The third-order valence-corrected chi connectivity index (χ3v) is 1.88. The maximum Gasteiger partial charge on any atom is 0.337 e. The molecule has 3 N–H and O–H groups in total. The molecular formula is C9H11N3O5. The number of hydrogen-bond acceptors (Lipinski definition) is 6. The van der Waals surface area contributed by atoms with E-state index in [2.05, 4.69) is 10.3 Å². The molecule has 8 nitrogen and oxygen atoms in total. The van der Waals surface area contributed by atoms with Crippen LogP contribution in [0, 0.1) is 10.1 Å². The van der Waals surface area contributed by atoms with Crippen LogP contribution in [0.1, 0.15) is 17.3 Å². The zero-order valence-corrected chi connectivity index (χ0v) is 8.95. The Bertz CT molecular complexity index is 446. The van der Waals surface area contributed by atoms with E-state index in [1.165, 1.54) is 6.92 Å². The molecule has 0 aliphatic carbocycles. The number of aliphatic hydroxyl groups is 1. The first kappa shape index (κ1) is 12.8. The summed E-state index contributed by atoms with van der Waals surface area (Å²) in [5.74, 6) is -1.36. The Morgan fingerprint density at radius 3 is 2.82 bits per heavy atom. The van der Waals surface area contributed by atoms with Crippen molar-refractivity contribution in [3.8, 4) is 0 Å². The minimum Gasteiger partial charge on any atom is -0.478 e. The minimum absolute atomic E-state index is 0.0686. The van der Waals surface area contributed by atoms with Crippen molar-refractivity contribution in [3.05, 3.63) is 27.9 Å². The van der Waals surface area contributed by atoms with E-state index in [0.29, 0.717) is 0 Å². The van der Waals surface area contributed by atoms with Crippen molar-refractivity contribution in [2.45, 2.75) is 13.0 Å². The molecule has 1 heterocycles. The Balaban J connectivity index is 3.04. The summed E-state index contributed by atoms with van der Waals surface area (Å²) in [4.78, 5) is 24.3. The second kappa shape index (κ2) is 5.21. The molecule has 0 radical (unpaired) electrons. The van der Waals surface area contributed by atoms with Crippen molar-refractivity contribution in [2.75, 3.05) is 11.9 Å². The highest BCUT2D eigenvalue weighted by atomic mass is 16.6. The Kier molecular flexibility index (Phi) is 3.94. The minimum atomic E-state index is -1.29. The third-order valence-electron chi connectivity index (χ3n) is 1.88. The molecule has 1 atom stereocenters. The van der Waals surface area contributed by atoms with Gasteiger partial charge in [-0.15, -0.1) is 0 Å². The zero-order chi connectivity index (χ0) is 13.0. The van der Waals surface area contributed by atoms with E-state index < -0.39 is 22.7 Å². The number of hydrogen-bond donors (Lipinski definition) is 3. The molecule has 0 saturated heterocycles. The van der Waals surface area contributed by atoms with Gasteiger partial charge in [-0.3, -0.25) is 10.1 Å². The average Bonchev–Trinajstić information content (AvgIpc) is 2.25. The molecule has 0 aromatic carbocycles. The number of carbonyl (C=O) groups is 1. The summed E-state index contributed by atoms with van der Waals surface area (Å²) >= 11 is 0. The van der Waals surface area contributed by atoms with Gasteiger partial charge in [0.05, 0.1) is 16.6 Å². The number of nitro groups is 1. The van der Waals surface area contributed by atoms with Gasteiger partial charge in [0.2, 0.25) is 5.82 Å². The lowest BCUT2D eigenvalue weighted by molar-refractivity contribution is -0.384. The van der Waals surface area contributed by atoms with Crippen molar-refractivity contribution < 1.29 is 19.9 Å². The summed E-state index contributed by atoms with van der Waals surface area (Å²) in [6.45, 7) is 1.59. The second-order valence-corrected chi connectivity index (χ2v) is 3.38. The van der Waals surface area contributed by atoms with Crippen molar-refractivity contribution in [2.24, 2.45) is 0 Å². The van der Waals surface area contributed by atoms with E-state index in [-0.39, 0.29) is 17.9 Å². The van der Waals surface area contributed by atoms with Crippen LogP contribution in [-0.4, -0.2) is 38.7 Å². The van der Waals surface area contributed by atoms with E-state index in [9.17, 15) is 14.9 Å². The predicted molar refractivity (Wildman–Crippen MR) is 58.0 cm³/mol. The van der Waals surface area contributed by atoms with Crippen LogP contribution in [0.4, 0.5) is 11.5 Å². The van der Waals surface area contributed by atoms with Crippen molar-refractivity contribution in [1.29, 1.82) is 0 Å². The molecule has 1 aromatic heterocycles. The third kappa shape index (κ3) is 3.38. The van der Waals surface area contributed by atoms with E-state index in [0.717, 1.165) is 12.3 Å². The number of aromatic carboxylic acids is 1. The molecule has 1 rings (SSSR count). The highest BCUT2D eigenvalue weighted by Gasteiger charge is 2.18. The summed E-state index contributed by atoms with van der Waals surface area (Å²) in [6.07, 6.45) is 0.315. The maximum absolute atomic E-state index is 10.7. The van der Waals surface area contributed by atoms with Crippen molar-refractivity contribution in [3.63, 3.8) is 0 Å². The van der Waals surface area contributed by atoms with Crippen LogP contribution >= 0.6 is 0 Å². The fourth-order valence-corrected chi connectivity index (χ4v) is 1.09. The molecule has 0 saturated carbocycles. The van der Waals surface area contributed by atoms with Crippen LogP contribution in [0.25, 0.3) is 0 Å². The Labute approximate surface area is 96.1 Å². The largest absolute Gasteiger partial charge is 0.478 e. The fraction of sp³-hybridized carbons (Fsp3) is 0.333. The summed E-state index contributed by atoms with van der Waals surface area (Å²) in [7, 11) is 0. The van der Waals surface area contributed by atoms with Crippen molar-refractivity contribution in [1.82, 2.24) is 4.98 Å². The first-order chi connectivity index (χ1) is 7.91. The molecule has 0 aliphatic rings. The van der Waals surface area contributed by atoms with E-state index in [1.807, 2.05) is 0 Å². The molecule has 8 heteroatoms. The smallest absolute Gasteiger partial charge is 0.337 e. The number of anilines is 1. The summed E-state index contributed by atoms with van der Waals surface area (Å²) in [5.41, 5.74) is -0.704. The first-order valence-electron chi connectivity index (χ1n) is 4.71. The monoisotopic (exact) mass is 241 g/mol. The van der Waals surface area contributed by atoms with Gasteiger partial charge >= 0.3 is 11.7 Å². The number of aliphatic hydroxyl groups excluding tert-OH is 1. The Hall–Kier alpha value is -2.22. The number of aromatic nitrogens is 1. The number of carboxylic acids is 1. The van der Waals surface area contributed by atoms with Gasteiger partial charge < -0.3 is 15.5 Å². The topological polar surface area (TPSA) is 126 Å². The lowest BCUT2D eigenvalue weighted by atomic mass is 10.2. The van der Waals surface area contributed by atoms with Crippen LogP contribution in [0.5, 0.6) is 0 Å². The van der Waals surface area contributed by atoms with Crippen molar-refractivity contribution >= 4 is 17.5 Å². The lowest BCUT2D eigenvalue weighted by Crippen LogP contribution is -2.17. The van der Waals surface area contributed by atoms with Gasteiger partial charge in [-0.05, 0) is 6.92 Å². The summed E-state index contributed by atoms with van der Waals surface area (Å²) < 4.78 is 0. The average molecular weight is 241 g/mol. The number of nitrogens with zero attached hydrogens (tertiary/aromatic N) is 2. The molecule has 0 bridgehead atoms.